The first-order valence-electron chi connectivity index (χ1n) is 16.8. The highest BCUT2D eigenvalue weighted by molar-refractivity contribution is 7.98. The minimum atomic E-state index is -0.886. The number of esters is 2. The third-order valence-corrected chi connectivity index (χ3v) is 8.57. The van der Waals surface area contributed by atoms with E-state index in [2.05, 4.69) is 16.0 Å². The maximum atomic E-state index is 13.3. The zero-order valence-electron chi connectivity index (χ0n) is 28.7. The summed E-state index contributed by atoms with van der Waals surface area (Å²) in [5.41, 5.74) is 2.85. The fourth-order valence-electron chi connectivity index (χ4n) is 5.43. The first-order valence-corrected chi connectivity index (χ1v) is 18.2. The Hall–Kier alpha value is -3.70. The molecule has 0 saturated carbocycles. The zero-order valence-corrected chi connectivity index (χ0v) is 29.5. The number of fused-ring (bicyclic) bond motifs is 1. The predicted molar refractivity (Wildman–Crippen MR) is 187 cm³/mol. The van der Waals surface area contributed by atoms with Crippen molar-refractivity contribution in [2.75, 3.05) is 18.6 Å². The summed E-state index contributed by atoms with van der Waals surface area (Å²) in [5, 5.41) is 9.00. The minimum Gasteiger partial charge on any atom is -0.461 e. The second-order valence-corrected chi connectivity index (χ2v) is 14.0. The number of thioether (sulfide) groups is 1. The monoisotopic (exact) mass is 681 g/mol. The number of carbonyl (C=O) groups excluding carboxylic acids is 5. The fraction of sp³-hybridized carbons (Fsp3) is 0.541. The maximum Gasteiger partial charge on any atom is 0.329 e. The molecule has 0 spiro atoms. The van der Waals surface area contributed by atoms with Crippen LogP contribution in [0.5, 0.6) is 0 Å². The van der Waals surface area contributed by atoms with Crippen molar-refractivity contribution >= 4 is 41.3 Å². The highest BCUT2D eigenvalue weighted by Crippen LogP contribution is 2.20. The molecular formula is C37H51N3O7S. The van der Waals surface area contributed by atoms with Gasteiger partial charge in [-0.15, -0.1) is 0 Å². The van der Waals surface area contributed by atoms with Crippen LogP contribution in [-0.2, 0) is 48.2 Å². The number of ether oxygens (including phenoxy) is 2. The minimum absolute atomic E-state index is 0.0753. The van der Waals surface area contributed by atoms with Crippen molar-refractivity contribution in [3.8, 4) is 0 Å². The number of rotatable bonds is 19. The Balaban J connectivity index is 1.50. The lowest BCUT2D eigenvalue weighted by molar-refractivity contribution is -0.159. The van der Waals surface area contributed by atoms with Crippen LogP contribution in [0.4, 0.5) is 0 Å². The van der Waals surface area contributed by atoms with Gasteiger partial charge in [-0.3, -0.25) is 19.2 Å². The molecule has 0 fully saturated rings. The number of hydrogen-bond donors (Lipinski definition) is 3. The van der Waals surface area contributed by atoms with E-state index in [4.69, 9.17) is 9.47 Å². The molecule has 2 aromatic rings. The molecule has 2 aromatic carbocycles. The molecule has 1 heterocycles. The van der Waals surface area contributed by atoms with E-state index in [9.17, 15) is 24.0 Å². The van der Waals surface area contributed by atoms with Crippen LogP contribution in [-0.4, -0.2) is 65.8 Å². The van der Waals surface area contributed by atoms with Crippen molar-refractivity contribution in [2.45, 2.75) is 109 Å². The van der Waals surface area contributed by atoms with Gasteiger partial charge in [-0.2, -0.15) is 11.8 Å². The molecule has 3 rings (SSSR count). The van der Waals surface area contributed by atoms with Crippen LogP contribution >= 0.6 is 11.8 Å². The Morgan fingerprint density at radius 2 is 1.65 bits per heavy atom. The molecule has 0 aliphatic carbocycles. The topological polar surface area (TPSA) is 140 Å². The average Bonchev–Trinajstić information content (AvgIpc) is 3.06. The number of amides is 2. The number of unbranched alkanes of at least 4 members (excludes halogenated alkanes) is 2. The van der Waals surface area contributed by atoms with Gasteiger partial charge in [0, 0.05) is 31.4 Å². The predicted octanol–water partition coefficient (Wildman–Crippen LogP) is 5.05. The number of hydrogen-bond acceptors (Lipinski definition) is 9. The standard InChI is InChI=1S/C37H51N3O7S/c1-37(2,3)47-36(45)31(16-9-6-10-17-34(43)46-25-26-12-7-5-8-13-26)39-33(42)19-18-32(41)30(21-23-48-4)40-35(44)29-15-11-14-27-24-38-22-20-28(27)29/h5,7-8,11-15,30-31,38H,6,9-10,16-25H2,1-4H3,(H,39,42)(H,40,44)/t30-,31-/m0/s1. The van der Waals surface area contributed by atoms with E-state index in [1.54, 1.807) is 38.6 Å². The van der Waals surface area contributed by atoms with Crippen LogP contribution in [0.25, 0.3) is 0 Å². The van der Waals surface area contributed by atoms with Crippen LogP contribution in [0.3, 0.4) is 0 Å². The number of Topliss-reactive ketones (excluding diaryl/α,β-unsaturated/α-hetero) is 1. The van der Waals surface area contributed by atoms with Crippen molar-refractivity contribution in [3.63, 3.8) is 0 Å². The van der Waals surface area contributed by atoms with Gasteiger partial charge in [-0.1, -0.05) is 55.3 Å². The van der Waals surface area contributed by atoms with Gasteiger partial charge < -0.3 is 25.4 Å². The molecule has 10 nitrogen and oxygen atoms in total. The van der Waals surface area contributed by atoms with Crippen molar-refractivity contribution < 1.29 is 33.4 Å². The largest absolute Gasteiger partial charge is 0.461 e. The van der Waals surface area contributed by atoms with Crippen LogP contribution < -0.4 is 16.0 Å². The average molecular weight is 682 g/mol. The molecule has 2 amide bonds. The van der Waals surface area contributed by atoms with E-state index in [1.165, 1.54) is 0 Å². The lowest BCUT2D eigenvalue weighted by atomic mass is 9.94. The second-order valence-electron chi connectivity index (χ2n) is 13.0. The first kappa shape index (κ1) is 38.7. The van der Waals surface area contributed by atoms with Gasteiger partial charge in [0.15, 0.2) is 5.78 Å². The van der Waals surface area contributed by atoms with E-state index >= 15 is 0 Å². The van der Waals surface area contributed by atoms with E-state index in [1.807, 2.05) is 48.7 Å². The van der Waals surface area contributed by atoms with E-state index in [-0.39, 0.29) is 43.5 Å². The molecular weight excluding hydrogens is 630 g/mol. The Morgan fingerprint density at radius 3 is 2.38 bits per heavy atom. The maximum absolute atomic E-state index is 13.3. The van der Waals surface area contributed by atoms with Crippen LogP contribution in [0.2, 0.25) is 0 Å². The van der Waals surface area contributed by atoms with Gasteiger partial charge in [0.25, 0.3) is 5.91 Å². The highest BCUT2D eigenvalue weighted by Gasteiger charge is 2.28. The van der Waals surface area contributed by atoms with Crippen LogP contribution in [0.1, 0.15) is 99.2 Å². The highest BCUT2D eigenvalue weighted by atomic mass is 32.2. The Labute approximate surface area is 288 Å². The molecule has 48 heavy (non-hydrogen) atoms. The molecule has 3 N–H and O–H groups in total. The fourth-order valence-corrected chi connectivity index (χ4v) is 5.91. The molecule has 1 aliphatic rings. The van der Waals surface area contributed by atoms with E-state index < -0.39 is 29.6 Å². The Kier molecular flexibility index (Phi) is 16.1. The molecule has 262 valence electrons. The SMILES string of the molecule is CSCC[C@H](NC(=O)c1cccc2c1CCNC2)C(=O)CCC(=O)N[C@@H](CCCCCC(=O)OCc1ccccc1)C(=O)OC(C)(C)C. The van der Waals surface area contributed by atoms with Crippen molar-refractivity contribution in [2.24, 2.45) is 0 Å². The molecule has 0 bridgehead atoms. The molecule has 0 unspecified atom stereocenters. The summed E-state index contributed by atoms with van der Waals surface area (Å²) in [6, 6.07) is 13.5. The lowest BCUT2D eigenvalue weighted by Crippen LogP contribution is -2.45. The van der Waals surface area contributed by atoms with Gasteiger partial charge in [-0.25, -0.2) is 4.79 Å². The molecule has 0 aromatic heterocycles. The van der Waals surface area contributed by atoms with E-state index in [0.717, 1.165) is 29.7 Å². The first-order chi connectivity index (χ1) is 23.0. The Morgan fingerprint density at radius 1 is 0.875 bits per heavy atom. The summed E-state index contributed by atoms with van der Waals surface area (Å²) in [7, 11) is 0. The van der Waals surface area contributed by atoms with Crippen molar-refractivity contribution in [1.82, 2.24) is 16.0 Å². The normalized spacial score (nSPS) is 13.8. The van der Waals surface area contributed by atoms with Gasteiger partial charge in [0.05, 0.1) is 6.04 Å². The Bertz CT molecular complexity index is 1380. The van der Waals surface area contributed by atoms with Crippen molar-refractivity contribution in [1.29, 1.82) is 0 Å². The van der Waals surface area contributed by atoms with Crippen molar-refractivity contribution in [3.05, 3.63) is 70.8 Å². The number of ketones is 1. The molecule has 2 atom stereocenters. The summed E-state index contributed by atoms with van der Waals surface area (Å²) >= 11 is 1.58. The van der Waals surface area contributed by atoms with Gasteiger partial charge in [-0.05, 0) is 87.8 Å². The smallest absolute Gasteiger partial charge is 0.329 e. The van der Waals surface area contributed by atoms with E-state index in [0.29, 0.717) is 50.0 Å². The third-order valence-electron chi connectivity index (χ3n) is 7.93. The second kappa shape index (κ2) is 20.0. The third kappa shape index (κ3) is 13.8. The van der Waals surface area contributed by atoms with Crippen LogP contribution in [0.15, 0.2) is 48.5 Å². The number of benzene rings is 2. The van der Waals surface area contributed by atoms with Gasteiger partial charge in [0.2, 0.25) is 5.91 Å². The number of nitrogens with one attached hydrogen (secondary N) is 3. The lowest BCUT2D eigenvalue weighted by Gasteiger charge is -2.25. The summed E-state index contributed by atoms with van der Waals surface area (Å²) in [4.78, 5) is 64.7. The van der Waals surface area contributed by atoms with Crippen LogP contribution in [0, 0.1) is 0 Å². The summed E-state index contributed by atoms with van der Waals surface area (Å²) in [5.74, 6) is -1.11. The molecule has 0 radical (unpaired) electrons. The summed E-state index contributed by atoms with van der Waals surface area (Å²) in [6.07, 6.45) is 5.34. The van der Waals surface area contributed by atoms with Gasteiger partial charge in [0.1, 0.15) is 18.2 Å². The zero-order chi connectivity index (χ0) is 34.9. The molecule has 1 aliphatic heterocycles. The molecule has 11 heteroatoms. The summed E-state index contributed by atoms with van der Waals surface area (Å²) < 4.78 is 10.9. The van der Waals surface area contributed by atoms with Gasteiger partial charge >= 0.3 is 11.9 Å². The quantitative estimate of drug-likeness (QED) is 0.137. The summed E-state index contributed by atoms with van der Waals surface area (Å²) in [6.45, 7) is 6.99. The number of carbonyl (C=O) groups is 5. The molecule has 0 saturated heterocycles.